The lowest BCUT2D eigenvalue weighted by Gasteiger charge is -2.08. The van der Waals surface area contributed by atoms with Crippen molar-refractivity contribution < 1.29 is 14.3 Å². The van der Waals surface area contributed by atoms with Gasteiger partial charge < -0.3 is 14.0 Å². The van der Waals surface area contributed by atoms with Crippen LogP contribution in [0.5, 0.6) is 11.5 Å². The summed E-state index contributed by atoms with van der Waals surface area (Å²) in [5.74, 6) is 1.25. The number of hydrogen-bond donors (Lipinski definition) is 0. The van der Waals surface area contributed by atoms with Gasteiger partial charge in [-0.25, -0.2) is 0 Å². The molecule has 0 spiro atoms. The molecule has 0 amide bonds. The average molecular weight is 450 g/mol. The fourth-order valence-electron chi connectivity index (χ4n) is 3.68. The molecular formula is C25H17Cl2NO3. The summed E-state index contributed by atoms with van der Waals surface area (Å²) in [7, 11) is 1.98. The van der Waals surface area contributed by atoms with Crippen molar-refractivity contribution in [3.63, 3.8) is 0 Å². The monoisotopic (exact) mass is 449 g/mol. The van der Waals surface area contributed by atoms with Crippen LogP contribution < -0.4 is 9.47 Å². The van der Waals surface area contributed by atoms with Crippen LogP contribution in [0.2, 0.25) is 10.0 Å². The Labute approximate surface area is 189 Å². The van der Waals surface area contributed by atoms with Crippen molar-refractivity contribution in [3.05, 3.63) is 99.4 Å². The van der Waals surface area contributed by atoms with E-state index in [4.69, 9.17) is 32.7 Å². The van der Waals surface area contributed by atoms with Gasteiger partial charge in [-0.3, -0.25) is 4.79 Å². The topological polar surface area (TPSA) is 40.5 Å². The van der Waals surface area contributed by atoms with Crippen molar-refractivity contribution in [2.45, 2.75) is 6.61 Å². The molecule has 1 aliphatic rings. The number of ketones is 1. The standard InChI is InChI=1S/C25H17Cl2NO3/c1-28-13-16(18-4-2-3-5-22(18)28)11-24-25(29)19-8-7-17(12-23(19)31-24)30-14-15-6-9-20(26)21(27)10-15/h2-13H,14H2,1H3. The minimum Gasteiger partial charge on any atom is -0.489 e. The lowest BCUT2D eigenvalue weighted by atomic mass is 10.1. The molecule has 0 N–H and O–H groups in total. The van der Waals surface area contributed by atoms with Crippen molar-refractivity contribution in [3.8, 4) is 11.5 Å². The number of aromatic nitrogens is 1. The number of rotatable bonds is 4. The fourth-order valence-corrected chi connectivity index (χ4v) is 4.00. The van der Waals surface area contributed by atoms with Crippen LogP contribution in [0, 0.1) is 0 Å². The zero-order valence-electron chi connectivity index (χ0n) is 16.6. The van der Waals surface area contributed by atoms with E-state index in [1.54, 1.807) is 36.4 Å². The van der Waals surface area contributed by atoms with Gasteiger partial charge in [0.1, 0.15) is 18.1 Å². The van der Waals surface area contributed by atoms with Gasteiger partial charge in [-0.1, -0.05) is 47.5 Å². The molecule has 0 radical (unpaired) electrons. The number of hydrogen-bond acceptors (Lipinski definition) is 3. The summed E-state index contributed by atoms with van der Waals surface area (Å²) < 4.78 is 13.8. The first kappa shape index (κ1) is 19.7. The quantitative estimate of drug-likeness (QED) is 0.326. The maximum Gasteiger partial charge on any atom is 0.231 e. The SMILES string of the molecule is Cn1cc(C=C2Oc3cc(OCc4ccc(Cl)c(Cl)c4)ccc3C2=O)c2ccccc21. The van der Waals surface area contributed by atoms with Crippen LogP contribution in [-0.4, -0.2) is 10.4 Å². The van der Waals surface area contributed by atoms with Gasteiger partial charge in [0.15, 0.2) is 5.76 Å². The third kappa shape index (κ3) is 3.69. The minimum absolute atomic E-state index is 0.140. The van der Waals surface area contributed by atoms with Gasteiger partial charge in [0.05, 0.1) is 15.6 Å². The molecule has 1 aliphatic heterocycles. The maximum absolute atomic E-state index is 12.8. The van der Waals surface area contributed by atoms with E-state index in [2.05, 4.69) is 0 Å². The number of allylic oxidation sites excluding steroid dienone is 1. The highest BCUT2D eigenvalue weighted by Gasteiger charge is 2.28. The number of ether oxygens (including phenoxy) is 2. The molecule has 0 fully saturated rings. The zero-order valence-corrected chi connectivity index (χ0v) is 18.1. The molecule has 1 aromatic heterocycles. The number of benzene rings is 3. The van der Waals surface area contributed by atoms with Crippen molar-refractivity contribution in [1.82, 2.24) is 4.57 Å². The van der Waals surface area contributed by atoms with E-state index in [9.17, 15) is 4.79 Å². The molecule has 154 valence electrons. The van der Waals surface area contributed by atoms with Crippen molar-refractivity contribution >= 4 is 46.0 Å². The van der Waals surface area contributed by atoms with Gasteiger partial charge in [0.2, 0.25) is 5.78 Å². The summed E-state index contributed by atoms with van der Waals surface area (Å²) >= 11 is 12.0. The number of carbonyl (C=O) groups excluding carboxylic acids is 1. The van der Waals surface area contributed by atoms with E-state index in [1.807, 2.05) is 48.1 Å². The Morgan fingerprint density at radius 2 is 1.87 bits per heavy atom. The van der Waals surface area contributed by atoms with Crippen molar-refractivity contribution in [2.24, 2.45) is 7.05 Å². The zero-order chi connectivity index (χ0) is 21.5. The lowest BCUT2D eigenvalue weighted by Crippen LogP contribution is -1.98. The van der Waals surface area contributed by atoms with Gasteiger partial charge in [-0.2, -0.15) is 0 Å². The molecule has 31 heavy (non-hydrogen) atoms. The number of Topliss-reactive ketones (excluding diaryl/α,β-unsaturated/α-hetero) is 1. The Morgan fingerprint density at radius 3 is 2.71 bits per heavy atom. The Kier molecular flexibility index (Phi) is 4.97. The normalized spacial score (nSPS) is 14.2. The van der Waals surface area contributed by atoms with Crippen LogP contribution >= 0.6 is 23.2 Å². The third-order valence-electron chi connectivity index (χ3n) is 5.25. The fraction of sp³-hybridized carbons (Fsp3) is 0.0800. The van der Waals surface area contributed by atoms with Crippen LogP contribution in [0.3, 0.4) is 0 Å². The van der Waals surface area contributed by atoms with E-state index >= 15 is 0 Å². The van der Waals surface area contributed by atoms with E-state index < -0.39 is 0 Å². The van der Waals surface area contributed by atoms with E-state index in [1.165, 1.54) is 0 Å². The largest absolute Gasteiger partial charge is 0.489 e. The molecule has 0 atom stereocenters. The predicted octanol–water partition coefficient (Wildman–Crippen LogP) is 6.68. The van der Waals surface area contributed by atoms with Crippen LogP contribution in [0.4, 0.5) is 0 Å². The van der Waals surface area contributed by atoms with Crippen molar-refractivity contribution in [1.29, 1.82) is 0 Å². The van der Waals surface area contributed by atoms with Crippen LogP contribution in [0.15, 0.2) is 72.6 Å². The second-order valence-corrected chi connectivity index (χ2v) is 8.16. The molecule has 0 saturated carbocycles. The van der Waals surface area contributed by atoms with Crippen LogP contribution in [0.1, 0.15) is 21.5 Å². The average Bonchev–Trinajstić information content (AvgIpc) is 3.25. The maximum atomic E-state index is 12.8. The second kappa shape index (κ2) is 7.80. The van der Waals surface area contributed by atoms with E-state index in [0.29, 0.717) is 39.5 Å². The molecule has 0 saturated heterocycles. The molecule has 5 rings (SSSR count). The first-order valence-electron chi connectivity index (χ1n) is 9.69. The highest BCUT2D eigenvalue weighted by atomic mass is 35.5. The van der Waals surface area contributed by atoms with Gasteiger partial charge in [0, 0.05) is 35.8 Å². The Balaban J connectivity index is 1.38. The van der Waals surface area contributed by atoms with Gasteiger partial charge in [-0.05, 0) is 42.0 Å². The molecule has 0 aliphatic carbocycles. The number of para-hydroxylation sites is 1. The van der Waals surface area contributed by atoms with Gasteiger partial charge >= 0.3 is 0 Å². The van der Waals surface area contributed by atoms with Crippen LogP contribution in [0.25, 0.3) is 17.0 Å². The summed E-state index contributed by atoms with van der Waals surface area (Å²) in [4.78, 5) is 12.8. The first-order valence-corrected chi connectivity index (χ1v) is 10.4. The molecule has 4 aromatic rings. The number of nitrogens with zero attached hydrogens (tertiary/aromatic N) is 1. The van der Waals surface area contributed by atoms with Gasteiger partial charge in [-0.15, -0.1) is 0 Å². The minimum atomic E-state index is -0.140. The molecule has 4 nitrogen and oxygen atoms in total. The molecule has 2 heterocycles. The summed E-state index contributed by atoms with van der Waals surface area (Å²) in [6, 6.07) is 18.6. The number of halogens is 2. The van der Waals surface area contributed by atoms with Crippen LogP contribution in [-0.2, 0) is 13.7 Å². The highest BCUT2D eigenvalue weighted by Crippen LogP contribution is 2.36. The number of fused-ring (bicyclic) bond motifs is 2. The Bertz CT molecular complexity index is 1370. The third-order valence-corrected chi connectivity index (χ3v) is 5.98. The molecule has 3 aromatic carbocycles. The first-order chi connectivity index (χ1) is 15.0. The molecule has 6 heteroatoms. The Hall–Kier alpha value is -3.21. The molecular weight excluding hydrogens is 433 g/mol. The highest BCUT2D eigenvalue weighted by molar-refractivity contribution is 6.42. The predicted molar refractivity (Wildman–Crippen MR) is 123 cm³/mol. The summed E-state index contributed by atoms with van der Waals surface area (Å²) in [5.41, 5.74) is 3.44. The summed E-state index contributed by atoms with van der Waals surface area (Å²) in [6.07, 6.45) is 3.78. The van der Waals surface area contributed by atoms with E-state index in [0.717, 1.165) is 22.0 Å². The molecule has 0 bridgehead atoms. The smallest absolute Gasteiger partial charge is 0.231 e. The lowest BCUT2D eigenvalue weighted by molar-refractivity contribution is 0.101. The Morgan fingerprint density at radius 1 is 1.03 bits per heavy atom. The molecule has 0 unspecified atom stereocenters. The number of aryl methyl sites for hydroxylation is 1. The van der Waals surface area contributed by atoms with Gasteiger partial charge in [0.25, 0.3) is 0 Å². The van der Waals surface area contributed by atoms with Crippen molar-refractivity contribution in [2.75, 3.05) is 0 Å². The number of carbonyl (C=O) groups is 1. The van der Waals surface area contributed by atoms with E-state index in [-0.39, 0.29) is 5.78 Å². The second-order valence-electron chi connectivity index (χ2n) is 7.35. The summed E-state index contributed by atoms with van der Waals surface area (Å²) in [6.45, 7) is 0.322. The summed E-state index contributed by atoms with van der Waals surface area (Å²) in [5, 5.41) is 2.05.